The molecule has 0 fully saturated rings. The maximum atomic E-state index is 12.4. The van der Waals surface area contributed by atoms with Crippen molar-refractivity contribution in [2.75, 3.05) is 18.0 Å². The SMILES string of the molecule is CCC(C)NC(=O)c1cnc2sc(N(CC)CC)nn2c1=O. The molecule has 8 heteroatoms. The lowest BCUT2D eigenvalue weighted by atomic mass is 10.2. The number of nitrogens with zero attached hydrogens (tertiary/aromatic N) is 4. The highest BCUT2D eigenvalue weighted by Crippen LogP contribution is 2.20. The van der Waals surface area contributed by atoms with Crippen LogP contribution >= 0.6 is 11.3 Å². The zero-order chi connectivity index (χ0) is 16.3. The average Bonchev–Trinajstić information content (AvgIpc) is 2.93. The Bertz CT molecular complexity index is 720. The van der Waals surface area contributed by atoms with E-state index in [9.17, 15) is 9.59 Å². The third kappa shape index (κ3) is 3.11. The highest BCUT2D eigenvalue weighted by molar-refractivity contribution is 7.20. The van der Waals surface area contributed by atoms with Crippen molar-refractivity contribution in [3.8, 4) is 0 Å². The molecule has 2 aromatic heterocycles. The molecule has 0 aliphatic carbocycles. The molecular formula is C14H21N5O2S. The molecule has 0 saturated heterocycles. The lowest BCUT2D eigenvalue weighted by Crippen LogP contribution is -2.36. The van der Waals surface area contributed by atoms with Gasteiger partial charge in [-0.3, -0.25) is 9.59 Å². The summed E-state index contributed by atoms with van der Waals surface area (Å²) in [6, 6.07) is 0.00858. The summed E-state index contributed by atoms with van der Waals surface area (Å²) in [7, 11) is 0. The van der Waals surface area contributed by atoms with Gasteiger partial charge in [0, 0.05) is 25.3 Å². The highest BCUT2D eigenvalue weighted by Gasteiger charge is 2.18. The Labute approximate surface area is 133 Å². The summed E-state index contributed by atoms with van der Waals surface area (Å²) in [5, 5.41) is 7.81. The minimum atomic E-state index is -0.430. The molecule has 1 atom stereocenters. The zero-order valence-corrected chi connectivity index (χ0v) is 14.1. The molecule has 0 saturated carbocycles. The van der Waals surface area contributed by atoms with Crippen molar-refractivity contribution in [1.29, 1.82) is 0 Å². The molecule has 0 aliphatic rings. The van der Waals surface area contributed by atoms with E-state index in [-0.39, 0.29) is 11.6 Å². The van der Waals surface area contributed by atoms with E-state index in [4.69, 9.17) is 0 Å². The first kappa shape index (κ1) is 16.4. The Morgan fingerprint density at radius 2 is 2.09 bits per heavy atom. The molecular weight excluding hydrogens is 302 g/mol. The van der Waals surface area contributed by atoms with Crippen LogP contribution in [0, 0.1) is 0 Å². The van der Waals surface area contributed by atoms with Gasteiger partial charge in [-0.2, -0.15) is 4.52 Å². The van der Waals surface area contributed by atoms with Gasteiger partial charge in [0.2, 0.25) is 10.1 Å². The maximum absolute atomic E-state index is 12.4. The number of carbonyl (C=O) groups is 1. The molecule has 0 bridgehead atoms. The smallest absolute Gasteiger partial charge is 0.288 e. The first-order valence-corrected chi connectivity index (χ1v) is 8.28. The zero-order valence-electron chi connectivity index (χ0n) is 13.3. The van der Waals surface area contributed by atoms with Crippen molar-refractivity contribution in [2.24, 2.45) is 0 Å². The van der Waals surface area contributed by atoms with Crippen molar-refractivity contribution >= 4 is 27.3 Å². The number of hydrogen-bond donors (Lipinski definition) is 1. The fourth-order valence-electron chi connectivity index (χ4n) is 1.96. The summed E-state index contributed by atoms with van der Waals surface area (Å²) in [4.78, 5) is 31.3. The maximum Gasteiger partial charge on any atom is 0.288 e. The average molecular weight is 323 g/mol. The number of hydrogen-bond acceptors (Lipinski definition) is 6. The number of anilines is 1. The van der Waals surface area contributed by atoms with E-state index < -0.39 is 11.5 Å². The van der Waals surface area contributed by atoms with E-state index in [0.29, 0.717) is 4.96 Å². The Balaban J connectivity index is 2.42. The summed E-state index contributed by atoms with van der Waals surface area (Å²) in [5.74, 6) is -0.404. The van der Waals surface area contributed by atoms with Gasteiger partial charge in [0.05, 0.1) is 0 Å². The van der Waals surface area contributed by atoms with Crippen LogP contribution in [0.1, 0.15) is 44.5 Å². The predicted octanol–water partition coefficient (Wildman–Crippen LogP) is 1.53. The van der Waals surface area contributed by atoms with Crippen LogP contribution in [0.3, 0.4) is 0 Å². The topological polar surface area (TPSA) is 79.6 Å². The fourth-order valence-corrected chi connectivity index (χ4v) is 2.95. The largest absolute Gasteiger partial charge is 0.349 e. The Morgan fingerprint density at radius 1 is 1.41 bits per heavy atom. The monoisotopic (exact) mass is 323 g/mol. The van der Waals surface area contributed by atoms with Crippen LogP contribution in [0.2, 0.25) is 0 Å². The molecule has 1 N–H and O–H groups in total. The number of carbonyl (C=O) groups excluding carboxylic acids is 1. The van der Waals surface area contributed by atoms with Crippen LogP contribution in [0.4, 0.5) is 5.13 Å². The third-order valence-corrected chi connectivity index (χ3v) is 4.53. The van der Waals surface area contributed by atoms with Crippen LogP contribution in [0.15, 0.2) is 11.0 Å². The standard InChI is InChI=1S/C14H21N5O2S/c1-5-9(4)16-11(20)10-8-15-13-19(12(10)21)17-14(22-13)18(6-2)7-3/h8-9H,5-7H2,1-4H3,(H,16,20). The second-order valence-electron chi connectivity index (χ2n) is 5.01. The van der Waals surface area contributed by atoms with Crippen molar-refractivity contribution in [2.45, 2.75) is 40.2 Å². The van der Waals surface area contributed by atoms with Crippen LogP contribution < -0.4 is 15.8 Å². The molecule has 120 valence electrons. The van der Waals surface area contributed by atoms with Gasteiger partial charge < -0.3 is 10.2 Å². The van der Waals surface area contributed by atoms with E-state index in [1.165, 1.54) is 22.0 Å². The molecule has 0 radical (unpaired) electrons. The minimum Gasteiger partial charge on any atom is -0.349 e. The predicted molar refractivity (Wildman–Crippen MR) is 87.9 cm³/mol. The number of aromatic nitrogens is 3. The molecule has 7 nitrogen and oxygen atoms in total. The molecule has 0 aliphatic heterocycles. The summed E-state index contributed by atoms with van der Waals surface area (Å²) in [6.07, 6.45) is 2.13. The Kier molecular flexibility index (Phi) is 5.12. The molecule has 0 spiro atoms. The van der Waals surface area contributed by atoms with Gasteiger partial charge in [0.15, 0.2) is 0 Å². The van der Waals surface area contributed by atoms with Crippen molar-refractivity contribution in [1.82, 2.24) is 19.9 Å². The van der Waals surface area contributed by atoms with E-state index in [1.807, 2.05) is 32.6 Å². The van der Waals surface area contributed by atoms with Crippen LogP contribution in [-0.4, -0.2) is 39.6 Å². The second-order valence-corrected chi connectivity index (χ2v) is 5.95. The molecule has 1 unspecified atom stereocenters. The van der Waals surface area contributed by atoms with Crippen LogP contribution in [-0.2, 0) is 0 Å². The van der Waals surface area contributed by atoms with Gasteiger partial charge >= 0.3 is 0 Å². The molecule has 2 heterocycles. The Hall–Kier alpha value is -1.96. The van der Waals surface area contributed by atoms with Gasteiger partial charge in [-0.05, 0) is 27.2 Å². The van der Waals surface area contributed by atoms with Gasteiger partial charge in [0.25, 0.3) is 11.5 Å². The first-order valence-electron chi connectivity index (χ1n) is 7.46. The lowest BCUT2D eigenvalue weighted by Gasteiger charge is -2.15. The molecule has 22 heavy (non-hydrogen) atoms. The normalized spacial score (nSPS) is 12.4. The minimum absolute atomic E-state index is 0.00858. The molecule has 2 rings (SSSR count). The fraction of sp³-hybridized carbons (Fsp3) is 0.571. The number of fused-ring (bicyclic) bond motifs is 1. The molecule has 1 amide bonds. The van der Waals surface area contributed by atoms with Crippen molar-refractivity contribution in [3.63, 3.8) is 0 Å². The summed E-state index contributed by atoms with van der Waals surface area (Å²) in [5.41, 5.74) is -0.408. The van der Waals surface area contributed by atoms with E-state index >= 15 is 0 Å². The van der Waals surface area contributed by atoms with Gasteiger partial charge in [-0.15, -0.1) is 5.10 Å². The molecule has 2 aromatic rings. The van der Waals surface area contributed by atoms with E-state index in [1.54, 1.807) is 0 Å². The molecule has 0 aromatic carbocycles. The third-order valence-electron chi connectivity index (χ3n) is 3.54. The summed E-state index contributed by atoms with van der Waals surface area (Å²) >= 11 is 1.34. The number of amides is 1. The van der Waals surface area contributed by atoms with Crippen LogP contribution in [0.25, 0.3) is 4.96 Å². The van der Waals surface area contributed by atoms with Crippen LogP contribution in [0.5, 0.6) is 0 Å². The first-order chi connectivity index (χ1) is 10.5. The van der Waals surface area contributed by atoms with Gasteiger partial charge in [-0.1, -0.05) is 18.3 Å². The Morgan fingerprint density at radius 3 is 2.68 bits per heavy atom. The van der Waals surface area contributed by atoms with E-state index in [0.717, 1.165) is 24.6 Å². The van der Waals surface area contributed by atoms with E-state index in [2.05, 4.69) is 15.4 Å². The summed E-state index contributed by atoms with van der Waals surface area (Å²) in [6.45, 7) is 9.51. The van der Waals surface area contributed by atoms with Crippen molar-refractivity contribution < 1.29 is 4.79 Å². The number of rotatable bonds is 6. The van der Waals surface area contributed by atoms with Crippen molar-refractivity contribution in [3.05, 3.63) is 22.1 Å². The van der Waals surface area contributed by atoms with Gasteiger partial charge in [0.1, 0.15) is 5.56 Å². The lowest BCUT2D eigenvalue weighted by molar-refractivity contribution is 0.0937. The second kappa shape index (κ2) is 6.87. The number of nitrogens with one attached hydrogen (secondary N) is 1. The summed E-state index contributed by atoms with van der Waals surface area (Å²) < 4.78 is 1.21. The quantitative estimate of drug-likeness (QED) is 0.872. The highest BCUT2D eigenvalue weighted by atomic mass is 32.1. The van der Waals surface area contributed by atoms with Gasteiger partial charge in [-0.25, -0.2) is 4.98 Å².